The Bertz CT molecular complexity index is 271. The topological polar surface area (TPSA) is 61.4 Å². The summed E-state index contributed by atoms with van der Waals surface area (Å²) >= 11 is 0. The number of nitrogens with one attached hydrogen (secondary N) is 2. The molecular formula is C12H23N3O2. The summed E-state index contributed by atoms with van der Waals surface area (Å²) in [5.41, 5.74) is 0. The molecule has 0 aliphatic carbocycles. The molecule has 0 radical (unpaired) electrons. The van der Waals surface area contributed by atoms with E-state index in [-0.39, 0.29) is 5.91 Å². The van der Waals surface area contributed by atoms with Crippen LogP contribution in [0.2, 0.25) is 0 Å². The van der Waals surface area contributed by atoms with E-state index in [4.69, 9.17) is 0 Å². The van der Waals surface area contributed by atoms with Crippen molar-refractivity contribution in [3.63, 3.8) is 0 Å². The number of hydrogen-bond acceptors (Lipinski definition) is 3. The Hall–Kier alpha value is -1.10. The molecule has 5 nitrogen and oxygen atoms in total. The normalized spacial score (nSPS) is 25.4. The molecular weight excluding hydrogens is 218 g/mol. The number of amides is 3. The molecule has 1 heterocycles. The third-order valence-corrected chi connectivity index (χ3v) is 3.08. The van der Waals surface area contributed by atoms with Gasteiger partial charge in [0.05, 0.1) is 0 Å². The van der Waals surface area contributed by atoms with Crippen molar-refractivity contribution in [2.24, 2.45) is 11.8 Å². The first kappa shape index (κ1) is 14.0. The second kappa shape index (κ2) is 6.59. The first-order chi connectivity index (χ1) is 8.01. The van der Waals surface area contributed by atoms with E-state index in [2.05, 4.69) is 29.4 Å². The standard InChI is InChI=1S/C12H23N3O2/c1-9-6-10(2)8-15(7-9)5-4-11(16)14-12(17)13-3/h9-10H,4-8H2,1-3H3,(H2,13,14,16,17)/t9-,10-/m1/s1. The number of hydrogen-bond donors (Lipinski definition) is 2. The zero-order chi connectivity index (χ0) is 12.8. The first-order valence-electron chi connectivity index (χ1n) is 6.25. The van der Waals surface area contributed by atoms with Crippen LogP contribution in [0.3, 0.4) is 0 Å². The van der Waals surface area contributed by atoms with Crippen LogP contribution >= 0.6 is 0 Å². The zero-order valence-electron chi connectivity index (χ0n) is 11.0. The molecule has 0 aromatic rings. The molecule has 0 unspecified atom stereocenters. The molecule has 3 amide bonds. The molecule has 2 atom stereocenters. The molecule has 0 aromatic carbocycles. The van der Waals surface area contributed by atoms with Gasteiger partial charge in [-0.05, 0) is 18.3 Å². The zero-order valence-corrected chi connectivity index (χ0v) is 11.0. The number of piperidine rings is 1. The Labute approximate surface area is 103 Å². The van der Waals surface area contributed by atoms with E-state index in [1.54, 1.807) is 0 Å². The number of urea groups is 1. The Morgan fingerprint density at radius 3 is 2.35 bits per heavy atom. The van der Waals surface area contributed by atoms with Gasteiger partial charge in [-0.2, -0.15) is 0 Å². The van der Waals surface area contributed by atoms with Crippen molar-refractivity contribution in [1.29, 1.82) is 0 Å². The summed E-state index contributed by atoms with van der Waals surface area (Å²) in [6.45, 7) is 7.33. The SMILES string of the molecule is CNC(=O)NC(=O)CCN1C[C@H](C)C[C@@H](C)C1. The highest BCUT2D eigenvalue weighted by Crippen LogP contribution is 2.20. The minimum absolute atomic E-state index is 0.213. The summed E-state index contributed by atoms with van der Waals surface area (Å²) < 4.78 is 0. The lowest BCUT2D eigenvalue weighted by Gasteiger charge is -2.34. The summed E-state index contributed by atoms with van der Waals surface area (Å²) in [4.78, 5) is 24.6. The van der Waals surface area contributed by atoms with Gasteiger partial charge in [-0.15, -0.1) is 0 Å². The predicted octanol–water partition coefficient (Wildman–Crippen LogP) is 0.810. The minimum Gasteiger partial charge on any atom is -0.341 e. The molecule has 0 aromatic heterocycles. The number of nitrogens with zero attached hydrogens (tertiary/aromatic N) is 1. The summed E-state index contributed by atoms with van der Waals surface area (Å²) in [6.07, 6.45) is 1.65. The van der Waals surface area contributed by atoms with Crippen LogP contribution in [0, 0.1) is 11.8 Å². The van der Waals surface area contributed by atoms with E-state index >= 15 is 0 Å². The molecule has 5 heteroatoms. The summed E-state index contributed by atoms with van der Waals surface area (Å²) in [7, 11) is 1.50. The van der Waals surface area contributed by atoms with Gasteiger partial charge in [-0.25, -0.2) is 4.79 Å². The number of rotatable bonds is 3. The molecule has 1 aliphatic heterocycles. The smallest absolute Gasteiger partial charge is 0.321 e. The van der Waals surface area contributed by atoms with Gasteiger partial charge < -0.3 is 10.2 Å². The predicted molar refractivity (Wildman–Crippen MR) is 66.6 cm³/mol. The molecule has 1 saturated heterocycles. The minimum atomic E-state index is -0.435. The van der Waals surface area contributed by atoms with E-state index in [0.29, 0.717) is 18.3 Å². The van der Waals surface area contributed by atoms with Crippen molar-refractivity contribution in [3.8, 4) is 0 Å². The highest BCUT2D eigenvalue weighted by atomic mass is 16.2. The number of imide groups is 1. The largest absolute Gasteiger partial charge is 0.341 e. The Kier molecular flexibility index (Phi) is 5.41. The van der Waals surface area contributed by atoms with Crippen molar-refractivity contribution >= 4 is 11.9 Å². The van der Waals surface area contributed by atoms with Crippen molar-refractivity contribution in [2.45, 2.75) is 26.7 Å². The molecule has 98 valence electrons. The number of carbonyl (C=O) groups is 2. The van der Waals surface area contributed by atoms with Crippen molar-refractivity contribution in [2.75, 3.05) is 26.7 Å². The van der Waals surface area contributed by atoms with Crippen LogP contribution in [0.15, 0.2) is 0 Å². The second-order valence-electron chi connectivity index (χ2n) is 5.08. The maximum Gasteiger partial charge on any atom is 0.321 e. The molecule has 17 heavy (non-hydrogen) atoms. The molecule has 1 rings (SSSR count). The summed E-state index contributed by atoms with van der Waals surface area (Å²) in [6, 6.07) is -0.435. The Morgan fingerprint density at radius 1 is 1.24 bits per heavy atom. The van der Waals surface area contributed by atoms with Crippen LogP contribution < -0.4 is 10.6 Å². The lowest BCUT2D eigenvalue weighted by molar-refractivity contribution is -0.120. The van der Waals surface area contributed by atoms with Crippen LogP contribution in [0.5, 0.6) is 0 Å². The molecule has 0 saturated carbocycles. The second-order valence-corrected chi connectivity index (χ2v) is 5.08. The van der Waals surface area contributed by atoms with Gasteiger partial charge >= 0.3 is 6.03 Å². The van der Waals surface area contributed by atoms with E-state index < -0.39 is 6.03 Å². The first-order valence-corrected chi connectivity index (χ1v) is 6.25. The van der Waals surface area contributed by atoms with Gasteiger partial charge in [0.2, 0.25) is 5.91 Å². The fourth-order valence-electron chi connectivity index (χ4n) is 2.49. The highest BCUT2D eigenvalue weighted by molar-refractivity contribution is 5.94. The van der Waals surface area contributed by atoms with Gasteiger partial charge in [-0.1, -0.05) is 13.8 Å². The fourth-order valence-corrected chi connectivity index (χ4v) is 2.49. The maximum atomic E-state index is 11.4. The van der Waals surface area contributed by atoms with Gasteiger partial charge in [-0.3, -0.25) is 10.1 Å². The third-order valence-electron chi connectivity index (χ3n) is 3.08. The van der Waals surface area contributed by atoms with Crippen molar-refractivity contribution in [3.05, 3.63) is 0 Å². The highest BCUT2D eigenvalue weighted by Gasteiger charge is 2.21. The molecule has 1 aliphatic rings. The third kappa shape index (κ3) is 5.17. The van der Waals surface area contributed by atoms with Crippen LogP contribution in [0.25, 0.3) is 0 Å². The average molecular weight is 241 g/mol. The lowest BCUT2D eigenvalue weighted by Crippen LogP contribution is -2.42. The Morgan fingerprint density at radius 2 is 1.82 bits per heavy atom. The molecule has 0 bridgehead atoms. The molecule has 2 N–H and O–H groups in total. The van der Waals surface area contributed by atoms with Gasteiger partial charge in [0, 0.05) is 33.1 Å². The van der Waals surface area contributed by atoms with Gasteiger partial charge in [0.25, 0.3) is 0 Å². The Balaban J connectivity index is 2.25. The van der Waals surface area contributed by atoms with Gasteiger partial charge in [0.15, 0.2) is 0 Å². The van der Waals surface area contributed by atoms with Gasteiger partial charge in [0.1, 0.15) is 0 Å². The average Bonchev–Trinajstić information content (AvgIpc) is 2.25. The number of likely N-dealkylation sites (tertiary alicyclic amines) is 1. The van der Waals surface area contributed by atoms with Crippen LogP contribution in [0.4, 0.5) is 4.79 Å². The quantitative estimate of drug-likeness (QED) is 0.768. The molecule has 0 spiro atoms. The number of carbonyl (C=O) groups excluding carboxylic acids is 2. The van der Waals surface area contributed by atoms with E-state index in [1.807, 2.05) is 0 Å². The van der Waals surface area contributed by atoms with Crippen LogP contribution in [-0.4, -0.2) is 43.5 Å². The summed E-state index contributed by atoms with van der Waals surface area (Å²) in [5.74, 6) is 1.18. The fraction of sp³-hybridized carbons (Fsp3) is 0.833. The molecule has 1 fully saturated rings. The van der Waals surface area contributed by atoms with Crippen molar-refractivity contribution in [1.82, 2.24) is 15.5 Å². The lowest BCUT2D eigenvalue weighted by atomic mass is 9.92. The van der Waals surface area contributed by atoms with E-state index in [1.165, 1.54) is 13.5 Å². The van der Waals surface area contributed by atoms with E-state index in [0.717, 1.165) is 19.6 Å². The monoisotopic (exact) mass is 241 g/mol. The van der Waals surface area contributed by atoms with E-state index in [9.17, 15) is 9.59 Å². The van der Waals surface area contributed by atoms with Crippen LogP contribution in [-0.2, 0) is 4.79 Å². The van der Waals surface area contributed by atoms with Crippen molar-refractivity contribution < 1.29 is 9.59 Å². The van der Waals surface area contributed by atoms with Crippen LogP contribution in [0.1, 0.15) is 26.7 Å². The summed E-state index contributed by atoms with van der Waals surface area (Å²) in [5, 5.41) is 4.64. The maximum absolute atomic E-state index is 11.4.